The molecule has 0 amide bonds. The number of ketones is 1. The second-order valence-corrected chi connectivity index (χ2v) is 6.96. The van der Waals surface area contributed by atoms with Gasteiger partial charge in [0.25, 0.3) is 0 Å². The number of hydrogen-bond donors (Lipinski definition) is 0. The Labute approximate surface area is 157 Å². The van der Waals surface area contributed by atoms with Gasteiger partial charge in [0.05, 0.1) is 0 Å². The van der Waals surface area contributed by atoms with Gasteiger partial charge in [0.15, 0.2) is 5.78 Å². The molecule has 5 aromatic carbocycles. The SMILES string of the molecule is CC(=O)c1cc2c3ccccc3c3ccccc3c2cc1-c1ccccc1. The minimum absolute atomic E-state index is 0.0907. The number of carbonyl (C=O) groups is 1. The van der Waals surface area contributed by atoms with E-state index in [2.05, 4.69) is 72.8 Å². The van der Waals surface area contributed by atoms with Crippen LogP contribution in [0.15, 0.2) is 91.0 Å². The van der Waals surface area contributed by atoms with Crippen molar-refractivity contribution in [1.29, 1.82) is 0 Å². The quantitative estimate of drug-likeness (QED) is 0.248. The summed E-state index contributed by atoms with van der Waals surface area (Å²) in [5.41, 5.74) is 2.84. The van der Waals surface area contributed by atoms with Crippen molar-refractivity contribution in [3.63, 3.8) is 0 Å². The molecule has 0 atom stereocenters. The van der Waals surface area contributed by atoms with Gasteiger partial charge in [-0.05, 0) is 62.5 Å². The first kappa shape index (κ1) is 15.8. The number of benzene rings is 5. The Morgan fingerprint density at radius 3 is 1.52 bits per heavy atom. The zero-order chi connectivity index (χ0) is 18.4. The van der Waals surface area contributed by atoms with E-state index in [9.17, 15) is 4.79 Å². The first-order chi connectivity index (χ1) is 13.2. The molecule has 1 nitrogen and oxygen atoms in total. The van der Waals surface area contributed by atoms with Crippen molar-refractivity contribution in [2.45, 2.75) is 6.92 Å². The Hall–Kier alpha value is -3.45. The largest absolute Gasteiger partial charge is 0.294 e. The van der Waals surface area contributed by atoms with Crippen LogP contribution in [0.5, 0.6) is 0 Å². The highest BCUT2D eigenvalue weighted by molar-refractivity contribution is 6.27. The normalized spacial score (nSPS) is 11.3. The highest BCUT2D eigenvalue weighted by Gasteiger charge is 2.15. The first-order valence-electron chi connectivity index (χ1n) is 9.17. The van der Waals surface area contributed by atoms with Gasteiger partial charge in [-0.15, -0.1) is 0 Å². The predicted octanol–water partition coefficient (Wildman–Crippen LogP) is 7.02. The highest BCUT2D eigenvalue weighted by atomic mass is 16.1. The molecule has 1 heteroatoms. The molecule has 0 aliphatic carbocycles. The van der Waals surface area contributed by atoms with Crippen molar-refractivity contribution in [1.82, 2.24) is 0 Å². The molecule has 0 saturated heterocycles. The molecule has 0 saturated carbocycles. The lowest BCUT2D eigenvalue weighted by Gasteiger charge is -2.15. The molecule has 27 heavy (non-hydrogen) atoms. The standard InChI is InChI=1S/C26H18O/c1-17(27)23-15-25-21-13-7-5-11-19(21)20-12-6-8-14-22(20)26(25)16-24(23)18-9-3-2-4-10-18/h2-16H,1H3. The maximum absolute atomic E-state index is 12.5. The Morgan fingerprint density at radius 1 is 0.556 bits per heavy atom. The maximum Gasteiger partial charge on any atom is 0.160 e. The topological polar surface area (TPSA) is 17.1 Å². The van der Waals surface area contributed by atoms with E-state index >= 15 is 0 Å². The zero-order valence-corrected chi connectivity index (χ0v) is 15.1. The Morgan fingerprint density at radius 2 is 1.00 bits per heavy atom. The van der Waals surface area contributed by atoms with Crippen molar-refractivity contribution in [3.05, 3.63) is 96.6 Å². The van der Waals surface area contributed by atoms with Crippen molar-refractivity contribution >= 4 is 38.1 Å². The van der Waals surface area contributed by atoms with Crippen molar-refractivity contribution in [2.75, 3.05) is 0 Å². The molecule has 0 spiro atoms. The molecule has 5 aromatic rings. The summed E-state index contributed by atoms with van der Waals surface area (Å²) in [7, 11) is 0. The van der Waals surface area contributed by atoms with Crippen LogP contribution in [-0.4, -0.2) is 5.78 Å². The molecule has 0 aromatic heterocycles. The van der Waals surface area contributed by atoms with Gasteiger partial charge in [0.2, 0.25) is 0 Å². The molecule has 0 aliphatic rings. The summed E-state index contributed by atoms with van der Waals surface area (Å²) in [6, 6.07) is 31.4. The molecule has 128 valence electrons. The second-order valence-electron chi connectivity index (χ2n) is 6.96. The van der Waals surface area contributed by atoms with Gasteiger partial charge in [-0.3, -0.25) is 4.79 Å². The number of hydrogen-bond acceptors (Lipinski definition) is 1. The lowest BCUT2D eigenvalue weighted by atomic mass is 9.88. The van der Waals surface area contributed by atoms with E-state index in [-0.39, 0.29) is 5.78 Å². The molecule has 0 N–H and O–H groups in total. The monoisotopic (exact) mass is 346 g/mol. The summed E-state index contributed by atoms with van der Waals surface area (Å²) >= 11 is 0. The molecular formula is C26H18O. The number of carbonyl (C=O) groups excluding carboxylic acids is 1. The van der Waals surface area contributed by atoms with Crippen LogP contribution in [0.25, 0.3) is 43.4 Å². The summed E-state index contributed by atoms with van der Waals surface area (Å²) < 4.78 is 0. The lowest BCUT2D eigenvalue weighted by molar-refractivity contribution is 0.101. The van der Waals surface area contributed by atoms with Crippen LogP contribution >= 0.6 is 0 Å². The van der Waals surface area contributed by atoms with E-state index < -0.39 is 0 Å². The smallest absolute Gasteiger partial charge is 0.160 e. The third kappa shape index (κ3) is 2.43. The molecule has 0 heterocycles. The van der Waals surface area contributed by atoms with Gasteiger partial charge < -0.3 is 0 Å². The average Bonchev–Trinajstić information content (AvgIpc) is 2.73. The third-order valence-corrected chi connectivity index (χ3v) is 5.35. The lowest BCUT2D eigenvalue weighted by Crippen LogP contribution is -1.97. The van der Waals surface area contributed by atoms with Crippen LogP contribution in [0.3, 0.4) is 0 Å². The fourth-order valence-electron chi connectivity index (χ4n) is 4.10. The number of rotatable bonds is 2. The summed E-state index contributed by atoms with van der Waals surface area (Å²) in [5.74, 6) is 0.0907. The molecule has 0 fully saturated rings. The van der Waals surface area contributed by atoms with Crippen LogP contribution in [0, 0.1) is 0 Å². The summed E-state index contributed by atoms with van der Waals surface area (Å²) in [5, 5.41) is 7.20. The second kappa shape index (κ2) is 6.07. The molecular weight excluding hydrogens is 328 g/mol. The van der Waals surface area contributed by atoms with Crippen LogP contribution in [0.4, 0.5) is 0 Å². The van der Waals surface area contributed by atoms with Gasteiger partial charge in [0, 0.05) is 5.56 Å². The van der Waals surface area contributed by atoms with Crippen LogP contribution in [-0.2, 0) is 0 Å². The van der Waals surface area contributed by atoms with Crippen LogP contribution < -0.4 is 0 Å². The highest BCUT2D eigenvalue weighted by Crippen LogP contribution is 2.38. The van der Waals surface area contributed by atoms with E-state index in [1.54, 1.807) is 6.92 Å². The van der Waals surface area contributed by atoms with E-state index in [4.69, 9.17) is 0 Å². The van der Waals surface area contributed by atoms with E-state index in [1.165, 1.54) is 26.9 Å². The van der Waals surface area contributed by atoms with Gasteiger partial charge >= 0.3 is 0 Å². The zero-order valence-electron chi connectivity index (χ0n) is 15.1. The van der Waals surface area contributed by atoms with Crippen molar-refractivity contribution in [3.8, 4) is 11.1 Å². The van der Waals surface area contributed by atoms with E-state index in [0.717, 1.165) is 22.1 Å². The Kier molecular flexibility index (Phi) is 3.54. The first-order valence-corrected chi connectivity index (χ1v) is 9.17. The predicted molar refractivity (Wildman–Crippen MR) is 114 cm³/mol. The average molecular weight is 346 g/mol. The molecule has 5 rings (SSSR count). The summed E-state index contributed by atoms with van der Waals surface area (Å²) in [6.07, 6.45) is 0. The minimum Gasteiger partial charge on any atom is -0.294 e. The fraction of sp³-hybridized carbons (Fsp3) is 0.0385. The van der Waals surface area contributed by atoms with Crippen LogP contribution in [0.1, 0.15) is 17.3 Å². The van der Waals surface area contributed by atoms with Gasteiger partial charge in [-0.2, -0.15) is 0 Å². The fourth-order valence-corrected chi connectivity index (χ4v) is 4.10. The van der Waals surface area contributed by atoms with E-state index in [1.807, 2.05) is 18.2 Å². The van der Waals surface area contributed by atoms with Gasteiger partial charge in [-0.1, -0.05) is 78.9 Å². The Bertz CT molecular complexity index is 1330. The third-order valence-electron chi connectivity index (χ3n) is 5.35. The summed E-state index contributed by atoms with van der Waals surface area (Å²) in [4.78, 5) is 12.5. The molecule has 0 unspecified atom stereocenters. The van der Waals surface area contributed by atoms with Crippen molar-refractivity contribution < 1.29 is 4.79 Å². The molecule has 0 aliphatic heterocycles. The van der Waals surface area contributed by atoms with Gasteiger partial charge in [-0.25, -0.2) is 0 Å². The molecule has 0 radical (unpaired) electrons. The summed E-state index contributed by atoms with van der Waals surface area (Å²) in [6.45, 7) is 1.65. The number of fused-ring (bicyclic) bond motifs is 6. The van der Waals surface area contributed by atoms with E-state index in [0.29, 0.717) is 0 Å². The maximum atomic E-state index is 12.5. The molecule has 0 bridgehead atoms. The Balaban J connectivity index is 2.03. The van der Waals surface area contributed by atoms with Gasteiger partial charge in [0.1, 0.15) is 0 Å². The van der Waals surface area contributed by atoms with Crippen molar-refractivity contribution in [2.24, 2.45) is 0 Å². The van der Waals surface area contributed by atoms with Crippen LogP contribution in [0.2, 0.25) is 0 Å². The minimum atomic E-state index is 0.0907. The number of Topliss-reactive ketones (excluding diaryl/α,β-unsaturated/α-hetero) is 1.